The van der Waals surface area contributed by atoms with Crippen LogP contribution in [0.25, 0.3) is 33.4 Å². The first kappa shape index (κ1) is 31.5. The van der Waals surface area contributed by atoms with Crippen molar-refractivity contribution in [3.05, 3.63) is 91.0 Å². The minimum Gasteiger partial charge on any atom is -0.378 e. The molecular weight excluding hydrogens is 594 g/mol. The number of fused-ring (bicyclic) bond motifs is 1. The SMILES string of the molecule is CN(C)CCN(C)C(=O)c1ccc(NC(=O)Nc2ccc(-c3nc(N4CCOCC4)c4ccc(-c5cncnc5)cc4n3)cc2)cc1. The van der Waals surface area contributed by atoms with Gasteiger partial charge in [-0.1, -0.05) is 6.07 Å². The van der Waals surface area contributed by atoms with Crippen LogP contribution in [0.3, 0.4) is 0 Å². The third-order valence-corrected chi connectivity index (χ3v) is 7.90. The molecule has 0 atom stereocenters. The molecule has 0 unspecified atom stereocenters. The fourth-order valence-corrected chi connectivity index (χ4v) is 5.25. The summed E-state index contributed by atoms with van der Waals surface area (Å²) in [6.07, 6.45) is 5.08. The largest absolute Gasteiger partial charge is 0.378 e. The number of nitrogens with zero attached hydrogens (tertiary/aromatic N) is 7. The number of carbonyl (C=O) groups is 2. The summed E-state index contributed by atoms with van der Waals surface area (Å²) in [4.78, 5) is 49.7. The van der Waals surface area contributed by atoms with Gasteiger partial charge in [-0.3, -0.25) is 4.79 Å². The lowest BCUT2D eigenvalue weighted by Crippen LogP contribution is -2.37. The van der Waals surface area contributed by atoms with E-state index in [9.17, 15) is 9.59 Å². The molecule has 5 aromatic rings. The van der Waals surface area contributed by atoms with Gasteiger partial charge < -0.3 is 30.1 Å². The maximum atomic E-state index is 12.8. The van der Waals surface area contributed by atoms with E-state index in [1.54, 1.807) is 48.6 Å². The molecule has 1 aliphatic rings. The van der Waals surface area contributed by atoms with E-state index in [2.05, 4.69) is 25.5 Å². The maximum Gasteiger partial charge on any atom is 0.323 e. The highest BCUT2D eigenvalue weighted by Crippen LogP contribution is 2.31. The van der Waals surface area contributed by atoms with E-state index in [0.717, 1.165) is 53.0 Å². The molecular formula is C35H37N9O3. The van der Waals surface area contributed by atoms with Crippen LogP contribution in [0.15, 0.2) is 85.5 Å². The van der Waals surface area contributed by atoms with Gasteiger partial charge in [0.25, 0.3) is 5.91 Å². The van der Waals surface area contributed by atoms with Crippen LogP contribution in [0, 0.1) is 0 Å². The number of benzene rings is 3. The number of hydrogen-bond acceptors (Lipinski definition) is 9. The molecule has 6 rings (SSSR count). The van der Waals surface area contributed by atoms with Crippen molar-refractivity contribution in [2.24, 2.45) is 0 Å². The van der Waals surface area contributed by atoms with Crippen LogP contribution in [0.5, 0.6) is 0 Å². The van der Waals surface area contributed by atoms with Gasteiger partial charge in [0.1, 0.15) is 12.1 Å². The van der Waals surface area contributed by atoms with E-state index in [1.807, 2.05) is 61.5 Å². The number of amides is 3. The molecule has 0 spiro atoms. The first-order valence-corrected chi connectivity index (χ1v) is 15.4. The number of hydrogen-bond donors (Lipinski definition) is 2. The Morgan fingerprint density at radius 3 is 2.09 bits per heavy atom. The average molecular weight is 632 g/mol. The number of nitrogens with one attached hydrogen (secondary N) is 2. The number of morpholine rings is 1. The van der Waals surface area contributed by atoms with Gasteiger partial charge in [0.15, 0.2) is 5.82 Å². The summed E-state index contributed by atoms with van der Waals surface area (Å²) in [6, 6.07) is 20.0. The Morgan fingerprint density at radius 2 is 1.43 bits per heavy atom. The predicted molar refractivity (Wildman–Crippen MR) is 184 cm³/mol. The Morgan fingerprint density at radius 1 is 0.787 bits per heavy atom. The standard InChI is InChI=1S/C35H37N9O3/c1-42(2)14-15-43(3)34(45)25-6-11-29(12-7-25)39-35(46)38-28-9-4-24(5-10-28)32-40-31-20-26(27-21-36-23-37-22-27)8-13-30(31)33(41-32)44-16-18-47-19-17-44/h4-13,20-23H,14-19H2,1-3H3,(H2,38,39,46). The number of ether oxygens (including phenoxy) is 1. The van der Waals surface area contributed by atoms with E-state index < -0.39 is 6.03 Å². The number of urea groups is 1. The van der Waals surface area contributed by atoms with Gasteiger partial charge in [-0.15, -0.1) is 0 Å². The summed E-state index contributed by atoms with van der Waals surface area (Å²) in [6.45, 7) is 4.16. The lowest BCUT2D eigenvalue weighted by molar-refractivity contribution is 0.0786. The third kappa shape index (κ3) is 7.68. The van der Waals surface area contributed by atoms with E-state index in [1.165, 1.54) is 6.33 Å². The van der Waals surface area contributed by atoms with Gasteiger partial charge >= 0.3 is 6.03 Å². The van der Waals surface area contributed by atoms with E-state index >= 15 is 0 Å². The van der Waals surface area contributed by atoms with Gasteiger partial charge in [0, 0.05) is 79.1 Å². The summed E-state index contributed by atoms with van der Waals surface area (Å²) in [5.74, 6) is 1.37. The van der Waals surface area contributed by atoms with E-state index in [-0.39, 0.29) is 5.91 Å². The summed E-state index contributed by atoms with van der Waals surface area (Å²) < 4.78 is 5.59. The highest BCUT2D eigenvalue weighted by Gasteiger charge is 2.19. The second-order valence-electron chi connectivity index (χ2n) is 11.6. The number of aromatic nitrogens is 4. The van der Waals surface area contributed by atoms with Gasteiger partial charge in [0.2, 0.25) is 0 Å². The van der Waals surface area contributed by atoms with Crippen molar-refractivity contribution in [1.82, 2.24) is 29.7 Å². The lowest BCUT2D eigenvalue weighted by Gasteiger charge is -2.29. The molecule has 3 heterocycles. The molecule has 2 aromatic heterocycles. The van der Waals surface area contributed by atoms with Crippen LogP contribution in [0.2, 0.25) is 0 Å². The van der Waals surface area contributed by atoms with Crippen LogP contribution in [0.4, 0.5) is 22.0 Å². The Balaban J connectivity index is 1.16. The van der Waals surface area contributed by atoms with Crippen molar-refractivity contribution < 1.29 is 14.3 Å². The molecule has 240 valence electrons. The fourth-order valence-electron chi connectivity index (χ4n) is 5.25. The molecule has 1 aliphatic heterocycles. The van der Waals surface area contributed by atoms with Gasteiger partial charge in [0.05, 0.1) is 18.7 Å². The summed E-state index contributed by atoms with van der Waals surface area (Å²) in [7, 11) is 5.72. The molecule has 3 amide bonds. The molecule has 2 N–H and O–H groups in total. The zero-order chi connectivity index (χ0) is 32.8. The minimum atomic E-state index is -0.395. The van der Waals surface area contributed by atoms with Crippen molar-refractivity contribution in [3.63, 3.8) is 0 Å². The zero-order valence-electron chi connectivity index (χ0n) is 26.7. The topological polar surface area (TPSA) is 129 Å². The quantitative estimate of drug-likeness (QED) is 0.234. The predicted octanol–water partition coefficient (Wildman–Crippen LogP) is 4.87. The van der Waals surface area contributed by atoms with Gasteiger partial charge in [-0.2, -0.15) is 0 Å². The molecule has 0 bridgehead atoms. The van der Waals surface area contributed by atoms with Crippen LogP contribution in [-0.2, 0) is 4.74 Å². The average Bonchev–Trinajstić information content (AvgIpc) is 3.11. The van der Waals surface area contributed by atoms with Crippen molar-refractivity contribution in [2.45, 2.75) is 0 Å². The number of carbonyl (C=O) groups excluding carboxylic acids is 2. The summed E-state index contributed by atoms with van der Waals surface area (Å²) in [5, 5.41) is 6.65. The maximum absolute atomic E-state index is 12.8. The minimum absolute atomic E-state index is 0.0679. The zero-order valence-corrected chi connectivity index (χ0v) is 26.7. The van der Waals surface area contributed by atoms with Crippen molar-refractivity contribution >= 4 is 40.0 Å². The van der Waals surface area contributed by atoms with Crippen LogP contribution >= 0.6 is 0 Å². The van der Waals surface area contributed by atoms with Crippen molar-refractivity contribution in [3.8, 4) is 22.5 Å². The van der Waals surface area contributed by atoms with Gasteiger partial charge in [-0.25, -0.2) is 24.7 Å². The summed E-state index contributed by atoms with van der Waals surface area (Å²) in [5.41, 5.74) is 5.25. The Labute approximate surface area is 273 Å². The molecule has 3 aromatic carbocycles. The highest BCUT2D eigenvalue weighted by molar-refractivity contribution is 6.01. The van der Waals surface area contributed by atoms with Crippen LogP contribution in [0.1, 0.15) is 10.4 Å². The highest BCUT2D eigenvalue weighted by atomic mass is 16.5. The molecule has 1 fully saturated rings. The van der Waals surface area contributed by atoms with Gasteiger partial charge in [-0.05, 0) is 80.3 Å². The smallest absolute Gasteiger partial charge is 0.323 e. The Bertz CT molecular complexity index is 1840. The van der Waals surface area contributed by atoms with Crippen LogP contribution < -0.4 is 15.5 Å². The van der Waals surface area contributed by atoms with Crippen molar-refractivity contribution in [1.29, 1.82) is 0 Å². The molecule has 1 saturated heterocycles. The number of rotatable bonds is 9. The van der Waals surface area contributed by atoms with Crippen molar-refractivity contribution in [2.75, 3.05) is 76.1 Å². The molecule has 0 saturated carbocycles. The Hall–Kier alpha value is -5.46. The second-order valence-corrected chi connectivity index (χ2v) is 11.6. The molecule has 12 nitrogen and oxygen atoms in total. The molecule has 0 aliphatic carbocycles. The normalized spacial score (nSPS) is 13.1. The lowest BCUT2D eigenvalue weighted by atomic mass is 10.1. The molecule has 0 radical (unpaired) electrons. The monoisotopic (exact) mass is 631 g/mol. The third-order valence-electron chi connectivity index (χ3n) is 7.90. The molecule has 12 heteroatoms. The number of anilines is 3. The van der Waals surface area contributed by atoms with E-state index in [4.69, 9.17) is 14.7 Å². The van der Waals surface area contributed by atoms with Crippen LogP contribution in [-0.4, -0.2) is 102 Å². The first-order valence-electron chi connectivity index (χ1n) is 15.4. The summed E-state index contributed by atoms with van der Waals surface area (Å²) >= 11 is 0. The number of likely N-dealkylation sites (N-methyl/N-ethyl adjacent to an activating group) is 2. The molecule has 47 heavy (non-hydrogen) atoms. The van der Waals surface area contributed by atoms with E-state index in [0.29, 0.717) is 42.5 Å². The second kappa shape index (κ2) is 14.3. The first-order chi connectivity index (χ1) is 22.8. The fraction of sp³-hybridized carbons (Fsp3) is 0.257. The Kier molecular flexibility index (Phi) is 9.60.